The van der Waals surface area contributed by atoms with Crippen molar-refractivity contribution in [2.75, 3.05) is 7.05 Å². The molecule has 1 aromatic rings. The molecule has 13 heavy (non-hydrogen) atoms. The van der Waals surface area contributed by atoms with E-state index in [1.54, 1.807) is 18.7 Å². The Hall–Kier alpha value is -1.03. The zero-order chi connectivity index (χ0) is 10.0. The van der Waals surface area contributed by atoms with E-state index in [9.17, 15) is 4.79 Å². The summed E-state index contributed by atoms with van der Waals surface area (Å²) in [7, 11) is 1.60. The molecular weight excluding hydrogens is 190 g/mol. The fourth-order valence-electron chi connectivity index (χ4n) is 1.11. The summed E-state index contributed by atoms with van der Waals surface area (Å²) in [5, 5.41) is 7.14. The van der Waals surface area contributed by atoms with Gasteiger partial charge < -0.3 is 5.32 Å². The highest BCUT2D eigenvalue weighted by atomic mass is 35.5. The summed E-state index contributed by atoms with van der Waals surface area (Å²) in [4.78, 5) is 11.3. The minimum absolute atomic E-state index is 0.0807. The van der Waals surface area contributed by atoms with Crippen LogP contribution in [0.4, 0.5) is 0 Å². The number of hydrogen-bond acceptors (Lipinski definition) is 2. The number of nitrogens with zero attached hydrogens (tertiary/aromatic N) is 2. The molecule has 1 aromatic heterocycles. The molecule has 0 aliphatic carbocycles. The van der Waals surface area contributed by atoms with Gasteiger partial charge in [-0.2, -0.15) is 5.10 Å². The fraction of sp³-hybridized carbons (Fsp3) is 0.500. The molecule has 0 aromatic carbocycles. The van der Waals surface area contributed by atoms with E-state index in [4.69, 9.17) is 11.6 Å². The third-order valence-electron chi connectivity index (χ3n) is 1.98. The Kier molecular flexibility index (Phi) is 2.93. The monoisotopic (exact) mass is 201 g/mol. The van der Waals surface area contributed by atoms with Gasteiger partial charge >= 0.3 is 0 Å². The Labute approximate surface area is 81.9 Å². The molecule has 5 heteroatoms. The molecule has 0 saturated heterocycles. The number of carbonyl (C=O) groups excluding carboxylic acids is 1. The van der Waals surface area contributed by atoms with Crippen LogP contribution in [0.1, 0.15) is 18.7 Å². The predicted octanol–water partition coefficient (Wildman–Crippen LogP) is 1.15. The quantitative estimate of drug-likeness (QED) is 0.781. The van der Waals surface area contributed by atoms with E-state index in [2.05, 4.69) is 10.4 Å². The number of likely N-dealkylation sites (N-methyl/N-ethyl adjacent to an activating group) is 1. The van der Waals surface area contributed by atoms with E-state index in [-0.39, 0.29) is 11.9 Å². The van der Waals surface area contributed by atoms with Gasteiger partial charge in [-0.05, 0) is 13.8 Å². The summed E-state index contributed by atoms with van der Waals surface area (Å²) in [6.45, 7) is 3.60. The van der Waals surface area contributed by atoms with Crippen LogP contribution in [0, 0.1) is 6.92 Å². The highest BCUT2D eigenvalue weighted by Crippen LogP contribution is 2.17. The van der Waals surface area contributed by atoms with Crippen LogP contribution < -0.4 is 5.32 Å². The Balaban J connectivity index is 2.95. The van der Waals surface area contributed by atoms with Crippen LogP contribution in [0.25, 0.3) is 0 Å². The normalized spacial score (nSPS) is 12.6. The summed E-state index contributed by atoms with van der Waals surface area (Å²) in [5.41, 5.74) is 0.803. The van der Waals surface area contributed by atoms with Crippen molar-refractivity contribution in [2.45, 2.75) is 19.9 Å². The number of hydrogen-bond donors (Lipinski definition) is 1. The van der Waals surface area contributed by atoms with Gasteiger partial charge in [0.25, 0.3) is 0 Å². The molecule has 1 unspecified atom stereocenters. The smallest absolute Gasteiger partial charge is 0.244 e. The van der Waals surface area contributed by atoms with Gasteiger partial charge in [-0.3, -0.25) is 9.48 Å². The second-order valence-electron chi connectivity index (χ2n) is 2.81. The standard InChI is InChI=1S/C8H12ClN3O/c1-5-7(9)4-11-12(5)6(2)8(13)10-3/h4,6H,1-3H3,(H,10,13). The number of nitrogens with one attached hydrogen (secondary N) is 1. The summed E-state index contributed by atoms with van der Waals surface area (Å²) >= 11 is 5.81. The fourth-order valence-corrected chi connectivity index (χ4v) is 1.24. The van der Waals surface area contributed by atoms with Gasteiger partial charge in [0.15, 0.2) is 0 Å². The van der Waals surface area contributed by atoms with E-state index >= 15 is 0 Å². The zero-order valence-corrected chi connectivity index (χ0v) is 8.59. The van der Waals surface area contributed by atoms with Crippen molar-refractivity contribution in [3.05, 3.63) is 16.9 Å². The molecule has 1 heterocycles. The lowest BCUT2D eigenvalue weighted by Gasteiger charge is -2.12. The van der Waals surface area contributed by atoms with Crippen LogP contribution in [0.15, 0.2) is 6.20 Å². The number of aromatic nitrogens is 2. The third kappa shape index (κ3) is 1.83. The number of amides is 1. The second kappa shape index (κ2) is 3.79. The molecule has 4 nitrogen and oxygen atoms in total. The van der Waals surface area contributed by atoms with Crippen LogP contribution in [-0.4, -0.2) is 22.7 Å². The first kappa shape index (κ1) is 10.1. The predicted molar refractivity (Wildman–Crippen MR) is 50.8 cm³/mol. The van der Waals surface area contributed by atoms with Gasteiger partial charge in [0.1, 0.15) is 6.04 Å². The van der Waals surface area contributed by atoms with Crippen LogP contribution in [0.2, 0.25) is 5.02 Å². The van der Waals surface area contributed by atoms with Crippen molar-refractivity contribution in [3.8, 4) is 0 Å². The van der Waals surface area contributed by atoms with E-state index in [0.717, 1.165) is 5.69 Å². The maximum Gasteiger partial charge on any atom is 0.244 e. The van der Waals surface area contributed by atoms with Gasteiger partial charge in [0.05, 0.1) is 16.9 Å². The second-order valence-corrected chi connectivity index (χ2v) is 3.22. The molecule has 0 saturated carbocycles. The van der Waals surface area contributed by atoms with Crippen molar-refractivity contribution in [1.29, 1.82) is 0 Å². The molecule has 0 radical (unpaired) electrons. The Bertz CT molecular complexity index is 321. The van der Waals surface area contributed by atoms with Crippen LogP contribution >= 0.6 is 11.6 Å². The van der Waals surface area contributed by atoms with Crippen molar-refractivity contribution in [1.82, 2.24) is 15.1 Å². The molecule has 0 fully saturated rings. The van der Waals surface area contributed by atoms with Gasteiger partial charge in [-0.1, -0.05) is 11.6 Å². The Morgan fingerprint density at radius 3 is 2.77 bits per heavy atom. The van der Waals surface area contributed by atoms with Crippen LogP contribution in [-0.2, 0) is 4.79 Å². The summed E-state index contributed by atoms with van der Waals surface area (Å²) in [6.07, 6.45) is 1.54. The molecule has 1 N–H and O–H groups in total. The van der Waals surface area contributed by atoms with Gasteiger partial charge in [0.2, 0.25) is 5.91 Å². The first-order valence-electron chi connectivity index (χ1n) is 3.99. The van der Waals surface area contributed by atoms with Gasteiger partial charge in [-0.25, -0.2) is 0 Å². The van der Waals surface area contributed by atoms with Crippen molar-refractivity contribution >= 4 is 17.5 Å². The van der Waals surface area contributed by atoms with Crippen LogP contribution in [0.3, 0.4) is 0 Å². The van der Waals surface area contributed by atoms with Gasteiger partial charge in [-0.15, -0.1) is 0 Å². The summed E-state index contributed by atoms with van der Waals surface area (Å²) < 4.78 is 1.60. The lowest BCUT2D eigenvalue weighted by Crippen LogP contribution is -2.28. The minimum Gasteiger partial charge on any atom is -0.357 e. The summed E-state index contributed by atoms with van der Waals surface area (Å²) in [5.74, 6) is -0.0807. The molecule has 1 amide bonds. The lowest BCUT2D eigenvalue weighted by molar-refractivity contribution is -0.123. The molecule has 0 bridgehead atoms. The molecule has 1 atom stereocenters. The topological polar surface area (TPSA) is 46.9 Å². The first-order valence-corrected chi connectivity index (χ1v) is 4.37. The number of rotatable bonds is 2. The van der Waals surface area contributed by atoms with Crippen molar-refractivity contribution < 1.29 is 4.79 Å². The molecular formula is C8H12ClN3O. The Morgan fingerprint density at radius 1 is 1.77 bits per heavy atom. The SMILES string of the molecule is CNC(=O)C(C)n1ncc(Cl)c1C. The highest BCUT2D eigenvalue weighted by Gasteiger charge is 2.16. The molecule has 0 aliphatic rings. The average molecular weight is 202 g/mol. The van der Waals surface area contributed by atoms with Crippen molar-refractivity contribution in [2.24, 2.45) is 0 Å². The Morgan fingerprint density at radius 2 is 2.38 bits per heavy atom. The molecule has 1 rings (SSSR count). The lowest BCUT2D eigenvalue weighted by atomic mass is 10.3. The number of halogens is 1. The summed E-state index contributed by atoms with van der Waals surface area (Å²) in [6, 6.07) is -0.322. The zero-order valence-electron chi connectivity index (χ0n) is 7.84. The van der Waals surface area contributed by atoms with E-state index in [0.29, 0.717) is 5.02 Å². The minimum atomic E-state index is -0.322. The van der Waals surface area contributed by atoms with Crippen LogP contribution in [0.5, 0.6) is 0 Å². The number of carbonyl (C=O) groups is 1. The van der Waals surface area contributed by atoms with E-state index < -0.39 is 0 Å². The average Bonchev–Trinajstić information content (AvgIpc) is 2.45. The largest absolute Gasteiger partial charge is 0.357 e. The first-order chi connectivity index (χ1) is 6.07. The van der Waals surface area contributed by atoms with E-state index in [1.807, 2.05) is 6.92 Å². The van der Waals surface area contributed by atoms with E-state index in [1.165, 1.54) is 6.20 Å². The van der Waals surface area contributed by atoms with Gasteiger partial charge in [0, 0.05) is 7.05 Å². The molecule has 0 aliphatic heterocycles. The maximum atomic E-state index is 11.3. The highest BCUT2D eigenvalue weighted by molar-refractivity contribution is 6.31. The third-order valence-corrected chi connectivity index (χ3v) is 2.35. The maximum absolute atomic E-state index is 11.3. The van der Waals surface area contributed by atoms with Crippen molar-refractivity contribution in [3.63, 3.8) is 0 Å². The molecule has 72 valence electrons. The molecule has 0 spiro atoms.